The van der Waals surface area contributed by atoms with E-state index < -0.39 is 0 Å². The van der Waals surface area contributed by atoms with E-state index in [4.69, 9.17) is 4.74 Å². The molecular weight excluding hydrogens is 252 g/mol. The summed E-state index contributed by atoms with van der Waals surface area (Å²) in [5, 5.41) is 5.91. The third-order valence-electron chi connectivity index (χ3n) is 3.09. The van der Waals surface area contributed by atoms with Crippen molar-refractivity contribution in [1.29, 1.82) is 0 Å². The van der Waals surface area contributed by atoms with Gasteiger partial charge in [0.05, 0.1) is 0 Å². The molecule has 0 radical (unpaired) electrons. The molecule has 0 aromatic heterocycles. The van der Waals surface area contributed by atoms with Crippen molar-refractivity contribution in [2.45, 2.75) is 39.0 Å². The van der Waals surface area contributed by atoms with Gasteiger partial charge in [-0.25, -0.2) is 0 Å². The number of likely N-dealkylation sites (N-methyl/N-ethyl adjacent to an activating group) is 1. The van der Waals surface area contributed by atoms with E-state index in [0.717, 1.165) is 12.2 Å². The van der Waals surface area contributed by atoms with Crippen LogP contribution < -0.4 is 15.4 Å². The van der Waals surface area contributed by atoms with Gasteiger partial charge in [-0.1, -0.05) is 38.7 Å². The molecule has 0 heterocycles. The number of rotatable bonds is 10. The van der Waals surface area contributed by atoms with Crippen LogP contribution in [0.2, 0.25) is 0 Å². The van der Waals surface area contributed by atoms with Crippen molar-refractivity contribution in [2.24, 2.45) is 0 Å². The van der Waals surface area contributed by atoms with Gasteiger partial charge in [-0.3, -0.25) is 4.79 Å². The molecule has 0 spiro atoms. The summed E-state index contributed by atoms with van der Waals surface area (Å²) in [5.74, 6) is 0.587. The van der Waals surface area contributed by atoms with Crippen LogP contribution in [0, 0.1) is 0 Å². The predicted octanol–water partition coefficient (Wildman–Crippen LogP) is 3.19. The van der Waals surface area contributed by atoms with E-state index in [1.807, 2.05) is 24.3 Å². The van der Waals surface area contributed by atoms with Crippen molar-refractivity contribution in [2.75, 3.05) is 25.5 Å². The van der Waals surface area contributed by atoms with Gasteiger partial charge in [0, 0.05) is 25.3 Å². The first-order valence-corrected chi connectivity index (χ1v) is 7.43. The second-order valence-corrected chi connectivity index (χ2v) is 4.83. The smallest absolute Gasteiger partial charge is 0.257 e. The van der Waals surface area contributed by atoms with E-state index in [9.17, 15) is 4.79 Å². The molecule has 1 amide bonds. The fourth-order valence-electron chi connectivity index (χ4n) is 1.88. The predicted molar refractivity (Wildman–Crippen MR) is 83.3 cm³/mol. The maximum atomic E-state index is 11.1. The van der Waals surface area contributed by atoms with E-state index in [-0.39, 0.29) is 12.5 Å². The molecule has 4 heteroatoms. The van der Waals surface area contributed by atoms with Gasteiger partial charge in [0.15, 0.2) is 6.61 Å². The molecule has 112 valence electrons. The van der Waals surface area contributed by atoms with Crippen molar-refractivity contribution in [1.82, 2.24) is 5.32 Å². The molecule has 0 fully saturated rings. The van der Waals surface area contributed by atoms with Crippen LogP contribution in [0.15, 0.2) is 24.3 Å². The Kier molecular flexibility index (Phi) is 8.27. The maximum Gasteiger partial charge on any atom is 0.257 e. The van der Waals surface area contributed by atoms with E-state index in [2.05, 4.69) is 17.6 Å². The third-order valence-corrected chi connectivity index (χ3v) is 3.09. The zero-order chi connectivity index (χ0) is 14.6. The van der Waals surface area contributed by atoms with E-state index >= 15 is 0 Å². The van der Waals surface area contributed by atoms with Crippen LogP contribution in [-0.4, -0.2) is 26.1 Å². The molecule has 1 aromatic rings. The number of nitrogens with one attached hydrogen (secondary N) is 2. The molecule has 0 aliphatic heterocycles. The largest absolute Gasteiger partial charge is 0.484 e. The van der Waals surface area contributed by atoms with Gasteiger partial charge >= 0.3 is 0 Å². The molecule has 0 unspecified atom stereocenters. The first-order valence-electron chi connectivity index (χ1n) is 7.43. The summed E-state index contributed by atoms with van der Waals surface area (Å²) in [7, 11) is 1.60. The van der Waals surface area contributed by atoms with Gasteiger partial charge in [-0.15, -0.1) is 0 Å². The second-order valence-electron chi connectivity index (χ2n) is 4.83. The molecule has 0 aliphatic carbocycles. The average molecular weight is 278 g/mol. The Morgan fingerprint density at radius 3 is 2.75 bits per heavy atom. The van der Waals surface area contributed by atoms with Gasteiger partial charge in [-0.2, -0.15) is 0 Å². The quantitative estimate of drug-likeness (QED) is 0.646. The van der Waals surface area contributed by atoms with Crippen LogP contribution in [0.4, 0.5) is 5.69 Å². The van der Waals surface area contributed by atoms with Crippen LogP contribution >= 0.6 is 0 Å². The van der Waals surface area contributed by atoms with Crippen molar-refractivity contribution in [3.8, 4) is 5.75 Å². The number of amides is 1. The summed E-state index contributed by atoms with van der Waals surface area (Å²) in [6, 6.07) is 7.72. The van der Waals surface area contributed by atoms with Gasteiger partial charge in [0.1, 0.15) is 5.75 Å². The molecular formula is C16H26N2O2. The van der Waals surface area contributed by atoms with Gasteiger partial charge in [0.25, 0.3) is 5.91 Å². The minimum Gasteiger partial charge on any atom is -0.484 e. The number of hydrogen-bond donors (Lipinski definition) is 2. The highest BCUT2D eigenvalue weighted by molar-refractivity contribution is 5.77. The molecule has 2 N–H and O–H groups in total. The van der Waals surface area contributed by atoms with Crippen LogP contribution in [0.1, 0.15) is 39.0 Å². The monoisotopic (exact) mass is 278 g/mol. The highest BCUT2D eigenvalue weighted by Crippen LogP contribution is 2.17. The summed E-state index contributed by atoms with van der Waals surface area (Å²) < 4.78 is 5.41. The number of carbonyl (C=O) groups is 1. The van der Waals surface area contributed by atoms with Crippen molar-refractivity contribution in [3.05, 3.63) is 24.3 Å². The molecule has 0 saturated carbocycles. The number of anilines is 1. The minimum atomic E-state index is -0.126. The average Bonchev–Trinajstić information content (AvgIpc) is 2.48. The maximum absolute atomic E-state index is 11.1. The van der Waals surface area contributed by atoms with Crippen molar-refractivity contribution >= 4 is 11.6 Å². The standard InChI is InChI=1S/C16H26N2O2/c1-3-4-5-6-7-11-18-14-9-8-10-15(12-14)20-13-16(19)17-2/h8-10,12,18H,3-7,11,13H2,1-2H3,(H,17,19). The summed E-state index contributed by atoms with van der Waals surface area (Å²) in [4.78, 5) is 11.1. The van der Waals surface area contributed by atoms with Crippen LogP contribution in [0.5, 0.6) is 5.75 Å². The zero-order valence-electron chi connectivity index (χ0n) is 12.6. The number of ether oxygens (including phenoxy) is 1. The molecule has 4 nitrogen and oxygen atoms in total. The Morgan fingerprint density at radius 2 is 2.00 bits per heavy atom. The summed E-state index contributed by atoms with van der Waals surface area (Å²) in [6.45, 7) is 3.25. The van der Waals surface area contributed by atoms with Crippen molar-refractivity contribution < 1.29 is 9.53 Å². The highest BCUT2D eigenvalue weighted by atomic mass is 16.5. The Balaban J connectivity index is 2.27. The number of carbonyl (C=O) groups excluding carboxylic acids is 1. The van der Waals surface area contributed by atoms with E-state index in [0.29, 0.717) is 5.75 Å². The molecule has 0 bridgehead atoms. The lowest BCUT2D eigenvalue weighted by atomic mass is 10.1. The fraction of sp³-hybridized carbons (Fsp3) is 0.562. The van der Waals surface area contributed by atoms with E-state index in [1.54, 1.807) is 7.05 Å². The Labute approximate surface area is 121 Å². The topological polar surface area (TPSA) is 50.4 Å². The van der Waals surface area contributed by atoms with Crippen LogP contribution in [-0.2, 0) is 4.79 Å². The summed E-state index contributed by atoms with van der Waals surface area (Å²) in [6.07, 6.45) is 6.37. The van der Waals surface area contributed by atoms with Crippen LogP contribution in [0.3, 0.4) is 0 Å². The van der Waals surface area contributed by atoms with Crippen molar-refractivity contribution in [3.63, 3.8) is 0 Å². The first kappa shape index (κ1) is 16.3. The van der Waals surface area contributed by atoms with Crippen LogP contribution in [0.25, 0.3) is 0 Å². The van der Waals surface area contributed by atoms with Gasteiger partial charge in [-0.05, 0) is 18.6 Å². The Morgan fingerprint density at radius 1 is 1.20 bits per heavy atom. The van der Waals surface area contributed by atoms with E-state index in [1.165, 1.54) is 32.1 Å². The SMILES string of the molecule is CCCCCCCNc1cccc(OCC(=O)NC)c1. The second kappa shape index (κ2) is 10.1. The Bertz CT molecular complexity index is 394. The lowest BCUT2D eigenvalue weighted by Crippen LogP contribution is -2.24. The fourth-order valence-corrected chi connectivity index (χ4v) is 1.88. The molecule has 0 saturated heterocycles. The molecule has 0 atom stereocenters. The molecule has 20 heavy (non-hydrogen) atoms. The molecule has 1 aromatic carbocycles. The lowest BCUT2D eigenvalue weighted by molar-refractivity contribution is -0.122. The normalized spacial score (nSPS) is 10.1. The minimum absolute atomic E-state index is 0.0526. The molecule has 1 rings (SSSR count). The number of unbranched alkanes of at least 4 members (excludes halogenated alkanes) is 4. The lowest BCUT2D eigenvalue weighted by Gasteiger charge is -2.09. The van der Waals surface area contributed by atoms with Gasteiger partial charge in [0.2, 0.25) is 0 Å². The Hall–Kier alpha value is -1.71. The summed E-state index contributed by atoms with van der Waals surface area (Å²) in [5.41, 5.74) is 1.04. The van der Waals surface area contributed by atoms with Gasteiger partial charge < -0.3 is 15.4 Å². The first-order chi connectivity index (χ1) is 9.76. The zero-order valence-corrected chi connectivity index (χ0v) is 12.6. The number of benzene rings is 1. The third kappa shape index (κ3) is 7.02. The summed E-state index contributed by atoms with van der Waals surface area (Å²) >= 11 is 0. The highest BCUT2D eigenvalue weighted by Gasteiger charge is 2.00. The molecule has 0 aliphatic rings. The number of hydrogen-bond acceptors (Lipinski definition) is 3.